The molecule has 2 unspecified atom stereocenters. The van der Waals surface area contributed by atoms with Crippen molar-refractivity contribution >= 4 is 7.82 Å². The summed E-state index contributed by atoms with van der Waals surface area (Å²) in [6, 6.07) is 0. The quantitative estimate of drug-likeness (QED) is 0.540. The Hall–Kier alpha value is -0.450. The second kappa shape index (κ2) is 5.64. The number of halogens is 8. The van der Waals surface area contributed by atoms with E-state index in [0.29, 0.717) is 0 Å². The Morgan fingerprint density at radius 2 is 1.76 bits per heavy atom. The summed E-state index contributed by atoms with van der Waals surface area (Å²) in [6.45, 7) is -1.64. The smallest absolute Gasteiger partial charge is 0.284 e. The summed E-state index contributed by atoms with van der Waals surface area (Å²) in [5, 5.41) is 0. The first-order valence-corrected chi connectivity index (χ1v) is 6.70. The highest BCUT2D eigenvalue weighted by Gasteiger charge is 2.75. The Kier molecular flexibility index (Phi) is 4.99. The highest BCUT2D eigenvalue weighted by Crippen LogP contribution is 2.57. The molecule has 0 spiro atoms. The van der Waals surface area contributed by atoms with Crippen LogP contribution in [0.25, 0.3) is 0 Å². The Balaban J connectivity index is 2.83. The molecule has 0 aliphatic carbocycles. The van der Waals surface area contributed by atoms with Gasteiger partial charge in [-0.3, -0.25) is 13.6 Å². The minimum Gasteiger partial charge on any atom is -0.284 e. The second-order valence-corrected chi connectivity index (χ2v) is 5.76. The number of hydrogen-bond acceptors (Lipinski definition) is 4. The van der Waals surface area contributed by atoms with Crippen LogP contribution in [0.4, 0.5) is 35.1 Å². The van der Waals surface area contributed by atoms with Crippen LogP contribution in [0.5, 0.6) is 0 Å². The van der Waals surface area contributed by atoms with E-state index in [-0.39, 0.29) is 6.61 Å². The fraction of sp³-hybridized carbons (Fsp3) is 1.00. The van der Waals surface area contributed by atoms with Crippen LogP contribution in [-0.2, 0) is 18.1 Å². The summed E-state index contributed by atoms with van der Waals surface area (Å²) in [7, 11) is -4.61. The number of hydrogen-bond donors (Lipinski definition) is 0. The Morgan fingerprint density at radius 3 is 2.14 bits per heavy atom. The third-order valence-corrected chi connectivity index (χ3v) is 3.86. The van der Waals surface area contributed by atoms with Crippen LogP contribution in [0.15, 0.2) is 0 Å². The van der Waals surface area contributed by atoms with Crippen molar-refractivity contribution in [2.75, 3.05) is 13.2 Å². The minimum absolute atomic E-state index is 0.369. The lowest BCUT2D eigenvalue weighted by Crippen LogP contribution is -2.59. The van der Waals surface area contributed by atoms with Crippen LogP contribution < -0.4 is 0 Å². The molecule has 0 aromatic rings. The van der Waals surface area contributed by atoms with Crippen molar-refractivity contribution in [3.05, 3.63) is 0 Å². The van der Waals surface area contributed by atoms with Gasteiger partial charge in [0.05, 0.1) is 12.7 Å². The lowest BCUT2D eigenvalue weighted by atomic mass is 10.1. The molecular weight excluding hydrogens is 343 g/mol. The summed E-state index contributed by atoms with van der Waals surface area (Å²) in [4.78, 5) is 0. The molecule has 13 heteroatoms. The van der Waals surface area contributed by atoms with Crippen LogP contribution in [0.2, 0.25) is 0 Å². The van der Waals surface area contributed by atoms with E-state index in [1.807, 2.05) is 0 Å². The van der Waals surface area contributed by atoms with Gasteiger partial charge in [-0.2, -0.15) is 26.3 Å². The van der Waals surface area contributed by atoms with Crippen molar-refractivity contribution in [1.29, 1.82) is 0 Å². The lowest BCUT2D eigenvalue weighted by molar-refractivity contribution is -0.342. The van der Waals surface area contributed by atoms with Gasteiger partial charge in [-0.1, -0.05) is 0 Å². The van der Waals surface area contributed by atoms with E-state index in [2.05, 4.69) is 13.6 Å². The van der Waals surface area contributed by atoms with Crippen molar-refractivity contribution in [3.63, 3.8) is 0 Å². The predicted octanol–water partition coefficient (Wildman–Crippen LogP) is 3.72. The van der Waals surface area contributed by atoms with E-state index in [1.165, 1.54) is 6.92 Å². The van der Waals surface area contributed by atoms with Crippen molar-refractivity contribution < 1.29 is 53.3 Å². The Bertz CT molecular complexity index is 429. The largest absolute Gasteiger partial charge is 0.475 e. The molecular formula is C8H9F8O4P. The molecule has 0 amide bonds. The highest BCUT2D eigenvalue weighted by atomic mass is 31.2. The van der Waals surface area contributed by atoms with E-state index >= 15 is 0 Å². The van der Waals surface area contributed by atoms with Gasteiger partial charge in [0.2, 0.25) is 0 Å². The molecule has 1 aliphatic heterocycles. The molecule has 0 bridgehead atoms. The standard InChI is InChI=1S/C8H9F8O4P/c1-4-2-18-21(17,20-4)19-3-6(11,12)8(15,16)7(13,14)5(9)10/h4-5H,2-3H2,1H3. The Morgan fingerprint density at radius 1 is 1.24 bits per heavy atom. The van der Waals surface area contributed by atoms with Crippen molar-refractivity contribution in [2.45, 2.75) is 37.2 Å². The maximum absolute atomic E-state index is 13.1. The van der Waals surface area contributed by atoms with E-state index < -0.39 is 44.7 Å². The van der Waals surface area contributed by atoms with Gasteiger partial charge in [0.25, 0.3) is 0 Å². The van der Waals surface area contributed by atoms with Gasteiger partial charge in [-0.05, 0) is 6.92 Å². The summed E-state index contributed by atoms with van der Waals surface area (Å²) in [5.41, 5.74) is 0. The number of alkyl halides is 8. The van der Waals surface area contributed by atoms with E-state index in [1.54, 1.807) is 0 Å². The maximum atomic E-state index is 13.1. The molecule has 0 N–H and O–H groups in total. The fourth-order valence-electron chi connectivity index (χ4n) is 1.18. The molecule has 2 atom stereocenters. The Labute approximate surface area is 113 Å². The maximum Gasteiger partial charge on any atom is 0.475 e. The second-order valence-electron chi connectivity index (χ2n) is 4.13. The number of rotatable bonds is 6. The molecule has 0 saturated carbocycles. The molecule has 0 radical (unpaired) electrons. The van der Waals surface area contributed by atoms with Crippen LogP contribution in [-0.4, -0.2) is 43.5 Å². The predicted molar refractivity (Wildman–Crippen MR) is 50.9 cm³/mol. The molecule has 0 aromatic heterocycles. The minimum atomic E-state index is -6.43. The first-order valence-electron chi connectivity index (χ1n) is 5.24. The molecule has 1 rings (SSSR count). The van der Waals surface area contributed by atoms with E-state index in [0.717, 1.165) is 0 Å². The van der Waals surface area contributed by atoms with Gasteiger partial charge in [0, 0.05) is 0 Å². The normalized spacial score (nSPS) is 28.4. The first kappa shape index (κ1) is 18.6. The van der Waals surface area contributed by atoms with Crippen LogP contribution in [0.1, 0.15) is 6.92 Å². The number of phosphoric ester groups is 1. The molecule has 1 saturated heterocycles. The first-order chi connectivity index (χ1) is 9.25. The fourth-order valence-corrected chi connectivity index (χ4v) is 2.59. The lowest BCUT2D eigenvalue weighted by Gasteiger charge is -2.32. The topological polar surface area (TPSA) is 44.8 Å². The summed E-state index contributed by atoms with van der Waals surface area (Å²) < 4.78 is 124. The van der Waals surface area contributed by atoms with Gasteiger partial charge in [0.15, 0.2) is 0 Å². The summed E-state index contributed by atoms with van der Waals surface area (Å²) in [6.07, 6.45) is -5.90. The van der Waals surface area contributed by atoms with Crippen LogP contribution >= 0.6 is 7.82 Å². The number of phosphoric acid groups is 1. The molecule has 1 fully saturated rings. The molecule has 0 aromatic carbocycles. The molecule has 4 nitrogen and oxygen atoms in total. The van der Waals surface area contributed by atoms with Gasteiger partial charge >= 0.3 is 32.0 Å². The van der Waals surface area contributed by atoms with Crippen molar-refractivity contribution in [3.8, 4) is 0 Å². The molecule has 1 heterocycles. The average Bonchev–Trinajstić information content (AvgIpc) is 2.67. The van der Waals surface area contributed by atoms with E-state index in [4.69, 9.17) is 0 Å². The van der Waals surface area contributed by atoms with Gasteiger partial charge in [-0.15, -0.1) is 0 Å². The van der Waals surface area contributed by atoms with Gasteiger partial charge in [-0.25, -0.2) is 13.3 Å². The van der Waals surface area contributed by atoms with E-state index in [9.17, 15) is 39.7 Å². The summed E-state index contributed by atoms with van der Waals surface area (Å²) in [5.74, 6) is -18.5. The highest BCUT2D eigenvalue weighted by molar-refractivity contribution is 7.48. The summed E-state index contributed by atoms with van der Waals surface area (Å²) >= 11 is 0. The molecule has 126 valence electrons. The SMILES string of the molecule is CC1COP(=O)(OCC(F)(F)C(F)(F)C(F)(F)C(F)F)O1. The zero-order valence-corrected chi connectivity index (χ0v) is 11.1. The third kappa shape index (κ3) is 3.49. The average molecular weight is 352 g/mol. The van der Waals surface area contributed by atoms with Crippen molar-refractivity contribution in [2.24, 2.45) is 0 Å². The van der Waals surface area contributed by atoms with Crippen molar-refractivity contribution in [1.82, 2.24) is 0 Å². The zero-order chi connectivity index (χ0) is 16.7. The van der Waals surface area contributed by atoms with Crippen LogP contribution in [0, 0.1) is 0 Å². The van der Waals surface area contributed by atoms with Crippen LogP contribution in [0.3, 0.4) is 0 Å². The molecule has 1 aliphatic rings. The zero-order valence-electron chi connectivity index (χ0n) is 10.2. The third-order valence-electron chi connectivity index (χ3n) is 2.33. The molecule has 21 heavy (non-hydrogen) atoms. The van der Waals surface area contributed by atoms with Gasteiger partial charge in [0.1, 0.15) is 6.61 Å². The monoisotopic (exact) mass is 352 g/mol. The van der Waals surface area contributed by atoms with Gasteiger partial charge < -0.3 is 0 Å².